The maximum absolute atomic E-state index is 3.79. The lowest BCUT2D eigenvalue weighted by atomic mass is 10.1. The van der Waals surface area contributed by atoms with Crippen LogP contribution >= 0.6 is 0 Å². The van der Waals surface area contributed by atoms with Crippen molar-refractivity contribution in [1.82, 2.24) is 4.90 Å². The minimum absolute atomic E-state index is 0.645. The van der Waals surface area contributed by atoms with Gasteiger partial charge in [0, 0.05) is 44.1 Å². The highest BCUT2D eigenvalue weighted by atomic mass is 15.2. The van der Waals surface area contributed by atoms with Crippen molar-refractivity contribution in [2.75, 3.05) is 37.4 Å². The maximum Gasteiger partial charge on any atom is 0.0429 e. The van der Waals surface area contributed by atoms with Crippen molar-refractivity contribution in [3.05, 3.63) is 23.8 Å². The molecule has 1 aromatic carbocycles. The lowest BCUT2D eigenvalue weighted by Gasteiger charge is -2.24. The van der Waals surface area contributed by atoms with Crippen LogP contribution in [0.2, 0.25) is 0 Å². The van der Waals surface area contributed by atoms with Crippen molar-refractivity contribution >= 4 is 11.4 Å². The van der Waals surface area contributed by atoms with E-state index in [1.54, 1.807) is 0 Å². The van der Waals surface area contributed by atoms with E-state index in [1.807, 2.05) is 0 Å². The predicted octanol–water partition coefficient (Wildman–Crippen LogP) is 2.71. The first kappa shape index (κ1) is 12.8. The summed E-state index contributed by atoms with van der Waals surface area (Å²) in [5, 5.41) is 3.79. The third-order valence-corrected chi connectivity index (χ3v) is 4.67. The van der Waals surface area contributed by atoms with E-state index in [0.717, 1.165) is 6.04 Å². The second-order valence-corrected chi connectivity index (χ2v) is 6.18. The second kappa shape index (κ2) is 5.04. The summed E-state index contributed by atoms with van der Waals surface area (Å²) in [6.07, 6.45) is 4.04. The topological polar surface area (TPSA) is 18.5 Å². The van der Waals surface area contributed by atoms with E-state index in [2.05, 4.69) is 54.3 Å². The van der Waals surface area contributed by atoms with Gasteiger partial charge in [-0.1, -0.05) is 0 Å². The van der Waals surface area contributed by atoms with Crippen LogP contribution in [0.1, 0.15) is 24.8 Å². The molecule has 3 heteroatoms. The van der Waals surface area contributed by atoms with E-state index in [9.17, 15) is 0 Å². The standard InChI is InChI=1S/C16H25N3/c1-12-11-13(18(2)3)6-7-14(12)17-15-8-10-19-9-4-5-16(15)19/h6-7,11,15-17H,4-5,8-10H2,1-3H3. The van der Waals surface area contributed by atoms with E-state index in [0.29, 0.717) is 6.04 Å². The molecule has 0 spiro atoms. The van der Waals surface area contributed by atoms with E-state index in [-0.39, 0.29) is 0 Å². The van der Waals surface area contributed by atoms with Gasteiger partial charge < -0.3 is 10.2 Å². The summed E-state index contributed by atoms with van der Waals surface area (Å²) in [5.74, 6) is 0. The largest absolute Gasteiger partial charge is 0.380 e. The normalized spacial score (nSPS) is 26.5. The van der Waals surface area contributed by atoms with E-state index in [4.69, 9.17) is 0 Å². The lowest BCUT2D eigenvalue weighted by Crippen LogP contribution is -2.33. The molecule has 0 bridgehead atoms. The predicted molar refractivity (Wildman–Crippen MR) is 82.1 cm³/mol. The van der Waals surface area contributed by atoms with Crippen LogP contribution in [0.3, 0.4) is 0 Å². The molecule has 19 heavy (non-hydrogen) atoms. The molecule has 0 radical (unpaired) electrons. The van der Waals surface area contributed by atoms with E-state index >= 15 is 0 Å². The highest BCUT2D eigenvalue weighted by molar-refractivity contribution is 5.60. The minimum Gasteiger partial charge on any atom is -0.380 e. The van der Waals surface area contributed by atoms with Crippen molar-refractivity contribution in [2.45, 2.75) is 38.3 Å². The van der Waals surface area contributed by atoms with Gasteiger partial charge in [0.2, 0.25) is 0 Å². The smallest absolute Gasteiger partial charge is 0.0429 e. The van der Waals surface area contributed by atoms with Crippen LogP contribution in [0.25, 0.3) is 0 Å². The van der Waals surface area contributed by atoms with Gasteiger partial charge >= 0.3 is 0 Å². The lowest BCUT2D eigenvalue weighted by molar-refractivity contribution is 0.318. The summed E-state index contributed by atoms with van der Waals surface area (Å²) in [7, 11) is 4.19. The first-order valence-electron chi connectivity index (χ1n) is 7.44. The Kier molecular flexibility index (Phi) is 3.40. The van der Waals surface area contributed by atoms with Gasteiger partial charge in [0.05, 0.1) is 0 Å². The molecule has 1 N–H and O–H groups in total. The fourth-order valence-corrected chi connectivity index (χ4v) is 3.54. The number of anilines is 2. The maximum atomic E-state index is 3.79. The third kappa shape index (κ3) is 2.44. The minimum atomic E-state index is 0.645. The summed E-state index contributed by atoms with van der Waals surface area (Å²) in [5.41, 5.74) is 3.93. The Bertz CT molecular complexity index is 455. The fraction of sp³-hybridized carbons (Fsp3) is 0.625. The number of nitrogens with zero attached hydrogens (tertiary/aromatic N) is 2. The molecule has 0 aromatic heterocycles. The molecular weight excluding hydrogens is 234 g/mol. The Morgan fingerprint density at radius 3 is 2.79 bits per heavy atom. The zero-order valence-corrected chi connectivity index (χ0v) is 12.3. The Morgan fingerprint density at radius 2 is 2.05 bits per heavy atom. The third-order valence-electron chi connectivity index (χ3n) is 4.67. The highest BCUT2D eigenvalue weighted by Crippen LogP contribution is 2.31. The van der Waals surface area contributed by atoms with Gasteiger partial charge in [0.25, 0.3) is 0 Å². The molecule has 0 saturated carbocycles. The average molecular weight is 259 g/mol. The first-order valence-corrected chi connectivity index (χ1v) is 7.44. The summed E-state index contributed by atoms with van der Waals surface area (Å²) in [6, 6.07) is 8.13. The van der Waals surface area contributed by atoms with E-state index in [1.165, 1.54) is 49.3 Å². The van der Waals surface area contributed by atoms with Gasteiger partial charge in [-0.15, -0.1) is 0 Å². The zero-order valence-electron chi connectivity index (χ0n) is 12.3. The van der Waals surface area contributed by atoms with Crippen molar-refractivity contribution < 1.29 is 0 Å². The molecule has 3 nitrogen and oxygen atoms in total. The molecule has 2 aliphatic heterocycles. The molecule has 2 fully saturated rings. The van der Waals surface area contributed by atoms with Crippen molar-refractivity contribution in [1.29, 1.82) is 0 Å². The number of rotatable bonds is 3. The molecule has 0 amide bonds. The molecular formula is C16H25N3. The molecule has 2 atom stereocenters. The van der Waals surface area contributed by atoms with Gasteiger partial charge in [-0.25, -0.2) is 0 Å². The van der Waals surface area contributed by atoms with Crippen LogP contribution in [-0.4, -0.2) is 44.2 Å². The van der Waals surface area contributed by atoms with Crippen LogP contribution in [0.4, 0.5) is 11.4 Å². The number of nitrogens with one attached hydrogen (secondary N) is 1. The molecule has 0 aliphatic carbocycles. The quantitative estimate of drug-likeness (QED) is 0.900. The Morgan fingerprint density at radius 1 is 1.21 bits per heavy atom. The van der Waals surface area contributed by atoms with Gasteiger partial charge in [-0.3, -0.25) is 4.90 Å². The average Bonchev–Trinajstić information content (AvgIpc) is 2.96. The molecule has 3 rings (SSSR count). The van der Waals surface area contributed by atoms with Gasteiger partial charge in [0.15, 0.2) is 0 Å². The Hall–Kier alpha value is -1.22. The van der Waals surface area contributed by atoms with E-state index < -0.39 is 0 Å². The first-order chi connectivity index (χ1) is 9.15. The van der Waals surface area contributed by atoms with Crippen molar-refractivity contribution in [3.8, 4) is 0 Å². The van der Waals surface area contributed by atoms with Gasteiger partial charge in [-0.05, 0) is 56.5 Å². The number of aryl methyl sites for hydroxylation is 1. The Labute approximate surface area is 116 Å². The number of benzene rings is 1. The SMILES string of the molecule is Cc1cc(N(C)C)ccc1NC1CCN2CCCC12. The van der Waals surface area contributed by atoms with Crippen LogP contribution in [-0.2, 0) is 0 Å². The molecule has 2 saturated heterocycles. The van der Waals surface area contributed by atoms with Crippen LogP contribution in [0.15, 0.2) is 18.2 Å². The van der Waals surface area contributed by atoms with Crippen LogP contribution in [0, 0.1) is 6.92 Å². The zero-order chi connectivity index (χ0) is 13.4. The van der Waals surface area contributed by atoms with Crippen LogP contribution in [0.5, 0.6) is 0 Å². The summed E-state index contributed by atoms with van der Waals surface area (Å²) in [4.78, 5) is 4.81. The number of hydrogen-bond acceptors (Lipinski definition) is 3. The number of hydrogen-bond donors (Lipinski definition) is 1. The summed E-state index contributed by atoms with van der Waals surface area (Å²) in [6.45, 7) is 4.79. The van der Waals surface area contributed by atoms with Gasteiger partial charge in [0.1, 0.15) is 0 Å². The molecule has 1 aromatic rings. The molecule has 2 aliphatic rings. The van der Waals surface area contributed by atoms with Crippen molar-refractivity contribution in [3.63, 3.8) is 0 Å². The summed E-state index contributed by atoms with van der Waals surface area (Å²) >= 11 is 0. The summed E-state index contributed by atoms with van der Waals surface area (Å²) < 4.78 is 0. The molecule has 104 valence electrons. The monoisotopic (exact) mass is 259 g/mol. The van der Waals surface area contributed by atoms with Gasteiger partial charge in [-0.2, -0.15) is 0 Å². The highest BCUT2D eigenvalue weighted by Gasteiger charge is 2.37. The van der Waals surface area contributed by atoms with Crippen molar-refractivity contribution in [2.24, 2.45) is 0 Å². The molecule has 2 unspecified atom stereocenters. The molecule has 2 heterocycles. The second-order valence-electron chi connectivity index (χ2n) is 6.18. The van der Waals surface area contributed by atoms with Crippen LogP contribution < -0.4 is 10.2 Å². The number of fused-ring (bicyclic) bond motifs is 1. The Balaban J connectivity index is 1.73. The fourth-order valence-electron chi connectivity index (χ4n) is 3.54.